The molecular formula is C23H23F7N2O6S2. The van der Waals surface area contributed by atoms with E-state index in [1.165, 1.54) is 13.8 Å². The molecule has 0 atom stereocenters. The van der Waals surface area contributed by atoms with Crippen molar-refractivity contribution >= 4 is 25.6 Å². The number of hydrogen-bond acceptors (Lipinski definition) is 7. The topological polar surface area (TPSA) is 111 Å². The highest BCUT2D eigenvalue weighted by atomic mass is 32.2. The molecule has 0 unspecified atom stereocenters. The summed E-state index contributed by atoms with van der Waals surface area (Å²) in [5, 5.41) is 0. The molecule has 1 aliphatic heterocycles. The number of piperidine rings is 1. The SMILES string of the molecule is CC(C)(C1CCN(C(=O)c2ncc(C(F)(F)F)cc2S(C)(=O)=O)CC1)S(=O)(=O)c1cc(F)cc(OC(F)(F)F)c1. The summed E-state index contributed by atoms with van der Waals surface area (Å²) in [5.74, 6) is -4.02. The van der Waals surface area contributed by atoms with Gasteiger partial charge in [-0.2, -0.15) is 13.2 Å². The number of halogens is 7. The number of amides is 1. The normalized spacial score (nSPS) is 16.2. The lowest BCUT2D eigenvalue weighted by atomic mass is 9.85. The average molecular weight is 621 g/mol. The highest BCUT2D eigenvalue weighted by molar-refractivity contribution is 7.92. The predicted octanol–water partition coefficient (Wildman–Crippen LogP) is 4.65. The van der Waals surface area contributed by atoms with Crippen LogP contribution in [0.5, 0.6) is 5.75 Å². The maximum atomic E-state index is 14.0. The molecule has 1 saturated heterocycles. The molecule has 2 aromatic rings. The van der Waals surface area contributed by atoms with Crippen molar-refractivity contribution in [3.8, 4) is 5.75 Å². The van der Waals surface area contributed by atoms with Crippen LogP contribution >= 0.6 is 0 Å². The lowest BCUT2D eigenvalue weighted by molar-refractivity contribution is -0.274. The zero-order chi connectivity index (χ0) is 30.5. The van der Waals surface area contributed by atoms with Crippen molar-refractivity contribution in [1.29, 1.82) is 0 Å². The van der Waals surface area contributed by atoms with Crippen LogP contribution in [0, 0.1) is 11.7 Å². The molecule has 0 aliphatic carbocycles. The summed E-state index contributed by atoms with van der Waals surface area (Å²) < 4.78 is 144. The first-order valence-corrected chi connectivity index (χ1v) is 14.8. The van der Waals surface area contributed by atoms with E-state index in [0.29, 0.717) is 36.7 Å². The third-order valence-corrected chi connectivity index (χ3v) is 10.3. The molecule has 0 bridgehead atoms. The number of alkyl halides is 6. The monoisotopic (exact) mass is 620 g/mol. The molecule has 222 valence electrons. The third kappa shape index (κ3) is 6.67. The Kier molecular flexibility index (Phi) is 8.26. The molecule has 1 aromatic carbocycles. The van der Waals surface area contributed by atoms with Gasteiger partial charge in [-0.3, -0.25) is 4.79 Å². The van der Waals surface area contributed by atoms with Crippen molar-refractivity contribution in [2.24, 2.45) is 5.92 Å². The van der Waals surface area contributed by atoms with Gasteiger partial charge >= 0.3 is 12.5 Å². The number of rotatable bonds is 6. The average Bonchev–Trinajstić information content (AvgIpc) is 2.80. The van der Waals surface area contributed by atoms with E-state index in [2.05, 4.69) is 9.72 Å². The summed E-state index contributed by atoms with van der Waals surface area (Å²) in [4.78, 5) is 16.0. The van der Waals surface area contributed by atoms with Gasteiger partial charge in [-0.05, 0) is 50.8 Å². The van der Waals surface area contributed by atoms with Gasteiger partial charge < -0.3 is 9.64 Å². The van der Waals surface area contributed by atoms with Crippen molar-refractivity contribution in [2.75, 3.05) is 19.3 Å². The van der Waals surface area contributed by atoms with Crippen LogP contribution in [0.25, 0.3) is 0 Å². The van der Waals surface area contributed by atoms with E-state index in [1.807, 2.05) is 0 Å². The molecule has 3 rings (SSSR count). The van der Waals surface area contributed by atoms with Crippen LogP contribution in [0.4, 0.5) is 30.7 Å². The highest BCUT2D eigenvalue weighted by Gasteiger charge is 2.45. The first kappa shape index (κ1) is 31.6. The standard InChI is InChI=1S/C23H23F7N2O6S2/c1-21(2,40(36,37)17-10-15(24)9-16(11-17)38-23(28,29)30)13-4-6-32(7-5-13)20(33)19-18(39(3,34)35)8-14(12-31-19)22(25,26)27/h8-13H,4-7H2,1-3H3. The van der Waals surface area contributed by atoms with E-state index in [4.69, 9.17) is 0 Å². The zero-order valence-corrected chi connectivity index (χ0v) is 22.7. The maximum absolute atomic E-state index is 14.0. The Labute approximate surface area is 225 Å². The number of likely N-dealkylation sites (tertiary alicyclic amines) is 1. The van der Waals surface area contributed by atoms with E-state index in [0.717, 1.165) is 4.90 Å². The third-order valence-electron chi connectivity index (χ3n) is 6.63. The minimum atomic E-state index is -5.19. The van der Waals surface area contributed by atoms with Gasteiger partial charge in [-0.1, -0.05) is 0 Å². The highest BCUT2D eigenvalue weighted by Crippen LogP contribution is 2.40. The van der Waals surface area contributed by atoms with Crippen LogP contribution in [0.1, 0.15) is 42.7 Å². The van der Waals surface area contributed by atoms with E-state index < -0.39 is 81.4 Å². The number of sulfone groups is 2. The van der Waals surface area contributed by atoms with Gasteiger partial charge in [-0.15, -0.1) is 13.2 Å². The quantitative estimate of drug-likeness (QED) is 0.433. The number of carbonyl (C=O) groups is 1. The van der Waals surface area contributed by atoms with Crippen LogP contribution in [0.15, 0.2) is 40.3 Å². The summed E-state index contributed by atoms with van der Waals surface area (Å²) >= 11 is 0. The number of pyridine rings is 1. The number of carbonyl (C=O) groups excluding carboxylic acids is 1. The fraction of sp³-hybridized carbons (Fsp3) is 0.478. The maximum Gasteiger partial charge on any atom is 0.573 e. The van der Waals surface area contributed by atoms with Crippen LogP contribution in [0.2, 0.25) is 0 Å². The fourth-order valence-electron chi connectivity index (χ4n) is 4.38. The molecule has 1 aromatic heterocycles. The fourth-order valence-corrected chi connectivity index (χ4v) is 7.03. The molecule has 0 spiro atoms. The Morgan fingerprint density at radius 1 is 0.975 bits per heavy atom. The Hall–Kier alpha value is -2.95. The number of hydrogen-bond donors (Lipinski definition) is 0. The summed E-state index contributed by atoms with van der Waals surface area (Å²) in [5.41, 5.74) is -2.09. The van der Waals surface area contributed by atoms with Crippen molar-refractivity contribution < 1.29 is 57.1 Å². The molecule has 2 heterocycles. The smallest absolute Gasteiger partial charge is 0.406 e. The summed E-state index contributed by atoms with van der Waals surface area (Å²) in [6, 6.07) is 1.80. The molecule has 1 fully saturated rings. The van der Waals surface area contributed by atoms with E-state index in [-0.39, 0.29) is 25.9 Å². The molecule has 0 radical (unpaired) electrons. The first-order valence-electron chi connectivity index (χ1n) is 11.4. The van der Waals surface area contributed by atoms with Crippen molar-refractivity contribution in [3.63, 3.8) is 0 Å². The van der Waals surface area contributed by atoms with Gasteiger partial charge in [0.15, 0.2) is 19.7 Å². The van der Waals surface area contributed by atoms with Gasteiger partial charge in [-0.25, -0.2) is 26.2 Å². The molecule has 1 aliphatic rings. The number of ether oxygens (including phenoxy) is 1. The molecule has 17 heteroatoms. The minimum Gasteiger partial charge on any atom is -0.406 e. The van der Waals surface area contributed by atoms with E-state index >= 15 is 0 Å². The molecule has 8 nitrogen and oxygen atoms in total. The lowest BCUT2D eigenvalue weighted by Gasteiger charge is -2.40. The number of nitrogens with zero attached hydrogens (tertiary/aromatic N) is 2. The zero-order valence-electron chi connectivity index (χ0n) is 21.1. The van der Waals surface area contributed by atoms with Crippen molar-refractivity contribution in [1.82, 2.24) is 9.88 Å². The van der Waals surface area contributed by atoms with Gasteiger partial charge in [0.25, 0.3) is 5.91 Å². The predicted molar refractivity (Wildman–Crippen MR) is 125 cm³/mol. The van der Waals surface area contributed by atoms with Crippen molar-refractivity contribution in [2.45, 2.75) is 53.8 Å². The van der Waals surface area contributed by atoms with Crippen LogP contribution in [-0.2, 0) is 25.9 Å². The summed E-state index contributed by atoms with van der Waals surface area (Å²) in [7, 11) is -8.77. The van der Waals surface area contributed by atoms with Gasteiger partial charge in [0.2, 0.25) is 0 Å². The number of benzene rings is 1. The molecular weight excluding hydrogens is 597 g/mol. The molecule has 0 N–H and O–H groups in total. The van der Waals surface area contributed by atoms with Gasteiger partial charge in [0, 0.05) is 31.6 Å². The van der Waals surface area contributed by atoms with Crippen LogP contribution in [0.3, 0.4) is 0 Å². The Morgan fingerprint density at radius 3 is 2.05 bits per heavy atom. The van der Waals surface area contributed by atoms with Gasteiger partial charge in [0.05, 0.1) is 20.1 Å². The minimum absolute atomic E-state index is 0.00797. The lowest BCUT2D eigenvalue weighted by Crippen LogP contribution is -2.48. The Bertz CT molecular complexity index is 1510. The van der Waals surface area contributed by atoms with Crippen molar-refractivity contribution in [3.05, 3.63) is 47.5 Å². The molecule has 1 amide bonds. The Balaban J connectivity index is 1.84. The van der Waals surface area contributed by atoms with E-state index in [9.17, 15) is 52.4 Å². The van der Waals surface area contributed by atoms with Crippen LogP contribution < -0.4 is 4.74 Å². The van der Waals surface area contributed by atoms with E-state index in [1.54, 1.807) is 0 Å². The second-order valence-electron chi connectivity index (χ2n) is 9.68. The first-order chi connectivity index (χ1) is 18.0. The Morgan fingerprint density at radius 2 is 1.55 bits per heavy atom. The van der Waals surface area contributed by atoms with Crippen LogP contribution in [-0.4, -0.2) is 63.1 Å². The number of aromatic nitrogens is 1. The largest absolute Gasteiger partial charge is 0.573 e. The molecule has 40 heavy (non-hydrogen) atoms. The summed E-state index contributed by atoms with van der Waals surface area (Å²) in [6.07, 6.45) is -9.13. The molecule has 0 saturated carbocycles. The second-order valence-corrected chi connectivity index (χ2v) is 14.2. The summed E-state index contributed by atoms with van der Waals surface area (Å²) in [6.45, 7) is 2.30. The second kappa shape index (κ2) is 10.5. The van der Waals surface area contributed by atoms with Gasteiger partial charge in [0.1, 0.15) is 17.3 Å².